The Hall–Kier alpha value is -6.90. The predicted molar refractivity (Wildman–Crippen MR) is 228 cm³/mol. The van der Waals surface area contributed by atoms with Crippen molar-refractivity contribution in [2.75, 3.05) is 0 Å². The molecule has 0 bridgehead atoms. The van der Waals surface area contributed by atoms with E-state index in [1.54, 1.807) is 0 Å². The van der Waals surface area contributed by atoms with E-state index in [9.17, 15) is 0 Å². The highest BCUT2D eigenvalue weighted by atomic mass is 14.9. The van der Waals surface area contributed by atoms with Crippen LogP contribution in [0.15, 0.2) is 194 Å². The zero-order valence-electron chi connectivity index (χ0n) is 29.8. The van der Waals surface area contributed by atoms with E-state index in [4.69, 9.17) is 9.97 Å². The van der Waals surface area contributed by atoms with Crippen LogP contribution in [0.1, 0.15) is 18.4 Å². The molecule has 2 nitrogen and oxygen atoms in total. The van der Waals surface area contributed by atoms with Crippen LogP contribution in [0.5, 0.6) is 0 Å². The van der Waals surface area contributed by atoms with Gasteiger partial charge in [0.1, 0.15) is 0 Å². The fourth-order valence-electron chi connectivity index (χ4n) is 8.12. The number of aromatic nitrogens is 2. The second-order valence-corrected chi connectivity index (χ2v) is 14.0. The lowest BCUT2D eigenvalue weighted by Gasteiger charge is -2.17. The van der Waals surface area contributed by atoms with Crippen molar-refractivity contribution in [3.63, 3.8) is 0 Å². The normalized spacial score (nSPS) is 12.7. The second-order valence-electron chi connectivity index (χ2n) is 14.0. The Morgan fingerprint density at radius 2 is 0.870 bits per heavy atom. The molecular formula is C52H36N2. The molecule has 0 amide bonds. The summed E-state index contributed by atoms with van der Waals surface area (Å²) >= 11 is 0. The summed E-state index contributed by atoms with van der Waals surface area (Å²) in [5.41, 5.74) is 12.0. The van der Waals surface area contributed by atoms with Crippen molar-refractivity contribution in [3.8, 4) is 56.2 Å². The molecule has 0 N–H and O–H groups in total. The van der Waals surface area contributed by atoms with Crippen molar-refractivity contribution in [2.45, 2.75) is 12.8 Å². The average molecular weight is 689 g/mol. The number of benzene rings is 8. The lowest BCUT2D eigenvalue weighted by atomic mass is 9.88. The lowest BCUT2D eigenvalue weighted by molar-refractivity contribution is 1.04. The molecule has 2 heteroatoms. The molecule has 0 radical (unpaired) electrons. The highest BCUT2D eigenvalue weighted by Gasteiger charge is 2.18. The van der Waals surface area contributed by atoms with Gasteiger partial charge in [-0.2, -0.15) is 0 Å². The minimum Gasteiger partial charge on any atom is -0.228 e. The van der Waals surface area contributed by atoms with Crippen molar-refractivity contribution < 1.29 is 0 Å². The molecule has 1 aliphatic rings. The highest BCUT2D eigenvalue weighted by molar-refractivity contribution is 6.25. The van der Waals surface area contributed by atoms with Gasteiger partial charge in [0.15, 0.2) is 5.82 Å². The number of hydrogen-bond donors (Lipinski definition) is 0. The van der Waals surface area contributed by atoms with Crippen LogP contribution in [0.2, 0.25) is 0 Å². The maximum Gasteiger partial charge on any atom is 0.161 e. The zero-order chi connectivity index (χ0) is 35.8. The topological polar surface area (TPSA) is 25.8 Å². The molecule has 54 heavy (non-hydrogen) atoms. The SMILES string of the molecule is C1=CC(c2cccc(-c3cc(-c4ccccc4)nc(-c4ccccc4-c4ccccc4-c4ccc5c6ccccc6c6ccccc6c5c4)n3)c2)=CCC1. The number of fused-ring (bicyclic) bond motifs is 6. The standard InChI is InChI=1S/C52H36N2/c1-3-16-35(17-4-1)37-20-15-21-39(32-37)51-34-50(36-18-5-2-6-19-36)53-52(54-51)48-29-14-13-27-45(48)41-23-8-7-22-40(41)38-30-31-47-44-26-10-9-24-42(44)43-25-11-12-28-46(43)49(47)33-38/h2-3,5-34H,1,4H2. The number of rotatable bonds is 6. The maximum absolute atomic E-state index is 5.33. The minimum absolute atomic E-state index is 0.704. The Bertz CT molecular complexity index is 2900. The highest BCUT2D eigenvalue weighted by Crippen LogP contribution is 2.42. The Kier molecular flexibility index (Phi) is 8.00. The summed E-state index contributed by atoms with van der Waals surface area (Å²) in [7, 11) is 0. The summed E-state index contributed by atoms with van der Waals surface area (Å²) in [6, 6.07) is 63.1. The number of nitrogens with zero attached hydrogens (tertiary/aromatic N) is 2. The van der Waals surface area contributed by atoms with Gasteiger partial charge in [-0.1, -0.05) is 176 Å². The summed E-state index contributed by atoms with van der Waals surface area (Å²) in [4.78, 5) is 10.6. The van der Waals surface area contributed by atoms with Crippen LogP contribution in [0, 0.1) is 0 Å². The summed E-state index contributed by atoms with van der Waals surface area (Å²) in [6.07, 6.45) is 8.98. The third-order valence-corrected chi connectivity index (χ3v) is 10.7. The molecule has 1 aromatic heterocycles. The maximum atomic E-state index is 5.33. The number of hydrogen-bond acceptors (Lipinski definition) is 2. The van der Waals surface area contributed by atoms with Crippen LogP contribution in [-0.2, 0) is 0 Å². The summed E-state index contributed by atoms with van der Waals surface area (Å²) in [5.74, 6) is 0.704. The van der Waals surface area contributed by atoms with Gasteiger partial charge in [-0.15, -0.1) is 0 Å². The molecule has 0 fully saturated rings. The molecule has 0 saturated heterocycles. The molecule has 1 aliphatic carbocycles. The van der Waals surface area contributed by atoms with Gasteiger partial charge in [0.05, 0.1) is 11.4 Å². The molecule has 0 aliphatic heterocycles. The van der Waals surface area contributed by atoms with E-state index in [-0.39, 0.29) is 0 Å². The van der Waals surface area contributed by atoms with Gasteiger partial charge >= 0.3 is 0 Å². The van der Waals surface area contributed by atoms with Crippen LogP contribution in [0.4, 0.5) is 0 Å². The van der Waals surface area contributed by atoms with E-state index in [0.717, 1.165) is 52.0 Å². The fourth-order valence-corrected chi connectivity index (χ4v) is 8.12. The quantitative estimate of drug-likeness (QED) is 0.163. The van der Waals surface area contributed by atoms with Crippen molar-refractivity contribution in [2.24, 2.45) is 0 Å². The first-order valence-electron chi connectivity index (χ1n) is 18.7. The van der Waals surface area contributed by atoms with Gasteiger partial charge in [-0.05, 0) is 96.7 Å². The van der Waals surface area contributed by atoms with E-state index >= 15 is 0 Å². The van der Waals surface area contributed by atoms with Gasteiger partial charge in [0.2, 0.25) is 0 Å². The van der Waals surface area contributed by atoms with Crippen molar-refractivity contribution >= 4 is 37.9 Å². The van der Waals surface area contributed by atoms with E-state index in [1.165, 1.54) is 54.6 Å². The Balaban J connectivity index is 1.15. The van der Waals surface area contributed by atoms with E-state index in [1.807, 2.05) is 6.07 Å². The van der Waals surface area contributed by atoms with Crippen LogP contribution in [-0.4, -0.2) is 9.97 Å². The molecule has 10 rings (SSSR count). The molecule has 0 saturated carbocycles. The zero-order valence-corrected chi connectivity index (χ0v) is 29.8. The fraction of sp³-hybridized carbons (Fsp3) is 0.0385. The first-order valence-corrected chi connectivity index (χ1v) is 18.7. The van der Waals surface area contributed by atoms with E-state index < -0.39 is 0 Å². The molecular weight excluding hydrogens is 653 g/mol. The third kappa shape index (κ3) is 5.70. The van der Waals surface area contributed by atoms with Gasteiger partial charge < -0.3 is 0 Å². The van der Waals surface area contributed by atoms with Crippen LogP contribution >= 0.6 is 0 Å². The monoisotopic (exact) mass is 688 g/mol. The van der Waals surface area contributed by atoms with E-state index in [2.05, 4.69) is 188 Å². The Morgan fingerprint density at radius 3 is 1.56 bits per heavy atom. The minimum atomic E-state index is 0.704. The van der Waals surface area contributed by atoms with Crippen molar-refractivity contribution in [3.05, 3.63) is 200 Å². The molecule has 1 heterocycles. The molecule has 0 atom stereocenters. The first-order chi connectivity index (χ1) is 26.8. The molecule has 0 spiro atoms. The Labute approximate surface area is 315 Å². The van der Waals surface area contributed by atoms with Gasteiger partial charge in [0.25, 0.3) is 0 Å². The number of allylic oxidation sites excluding steroid dienone is 4. The van der Waals surface area contributed by atoms with Crippen molar-refractivity contribution in [1.82, 2.24) is 9.97 Å². The summed E-state index contributed by atoms with van der Waals surface area (Å²) in [6.45, 7) is 0. The van der Waals surface area contributed by atoms with Crippen molar-refractivity contribution in [1.29, 1.82) is 0 Å². The molecule has 8 aromatic carbocycles. The van der Waals surface area contributed by atoms with E-state index in [0.29, 0.717) is 5.82 Å². The smallest absolute Gasteiger partial charge is 0.161 e. The predicted octanol–water partition coefficient (Wildman–Crippen LogP) is 14.0. The second kappa shape index (κ2) is 13.6. The van der Waals surface area contributed by atoms with Gasteiger partial charge in [-0.3, -0.25) is 0 Å². The summed E-state index contributed by atoms with van der Waals surface area (Å²) < 4.78 is 0. The lowest BCUT2D eigenvalue weighted by Crippen LogP contribution is -1.98. The molecule has 254 valence electrons. The first kappa shape index (κ1) is 31.8. The summed E-state index contributed by atoms with van der Waals surface area (Å²) in [5, 5.41) is 7.64. The molecule has 9 aromatic rings. The van der Waals surface area contributed by atoms with Crippen LogP contribution < -0.4 is 0 Å². The van der Waals surface area contributed by atoms with Crippen LogP contribution in [0.3, 0.4) is 0 Å². The van der Waals surface area contributed by atoms with Gasteiger partial charge in [-0.25, -0.2) is 9.97 Å². The van der Waals surface area contributed by atoms with Gasteiger partial charge in [0, 0.05) is 16.7 Å². The average Bonchev–Trinajstić information content (AvgIpc) is 3.27. The third-order valence-electron chi connectivity index (χ3n) is 10.7. The Morgan fingerprint density at radius 1 is 0.333 bits per heavy atom. The largest absolute Gasteiger partial charge is 0.228 e. The van der Waals surface area contributed by atoms with Crippen LogP contribution in [0.25, 0.3) is 94.0 Å². The molecule has 0 unspecified atom stereocenters.